The maximum absolute atomic E-state index is 6.13. The Labute approximate surface area is 112 Å². The van der Waals surface area contributed by atoms with E-state index in [1.54, 1.807) is 11.3 Å². The average Bonchev–Trinajstić information content (AvgIpc) is 2.65. The molecule has 0 saturated heterocycles. The number of hydrogen-bond acceptors (Lipinski definition) is 2. The van der Waals surface area contributed by atoms with Crippen LogP contribution < -0.4 is 5.73 Å². The lowest BCUT2D eigenvalue weighted by Gasteiger charge is -2.09. The smallest absolute Gasteiger partial charge is 0.0701 e. The van der Waals surface area contributed by atoms with Gasteiger partial charge >= 0.3 is 0 Å². The van der Waals surface area contributed by atoms with Gasteiger partial charge in [0.25, 0.3) is 0 Å². The van der Waals surface area contributed by atoms with E-state index in [4.69, 9.17) is 17.3 Å². The molecule has 2 rings (SSSR count). The number of halogens is 2. The maximum Gasteiger partial charge on any atom is 0.0701 e. The van der Waals surface area contributed by atoms with Crippen molar-refractivity contribution < 1.29 is 0 Å². The van der Waals surface area contributed by atoms with E-state index in [9.17, 15) is 0 Å². The lowest BCUT2D eigenvalue weighted by Crippen LogP contribution is -2.12. The van der Waals surface area contributed by atoms with Crippen LogP contribution in [-0.2, 0) is 6.42 Å². The molecule has 84 valence electrons. The highest BCUT2D eigenvalue weighted by Gasteiger charge is 2.09. The Hall–Kier alpha value is -0.350. The van der Waals surface area contributed by atoms with Gasteiger partial charge in [0.1, 0.15) is 0 Å². The fraction of sp³-hybridized carbons (Fsp3) is 0.167. The number of hydrogen-bond donors (Lipinski definition) is 1. The van der Waals surface area contributed by atoms with E-state index >= 15 is 0 Å². The predicted molar refractivity (Wildman–Crippen MR) is 74.1 cm³/mol. The fourth-order valence-corrected chi connectivity index (χ4v) is 3.01. The Balaban J connectivity index is 2.10. The van der Waals surface area contributed by atoms with E-state index in [0.29, 0.717) is 0 Å². The summed E-state index contributed by atoms with van der Waals surface area (Å²) in [4.78, 5) is 0. The minimum atomic E-state index is 0.0287. The first-order valence-corrected chi connectivity index (χ1v) is 6.94. The summed E-state index contributed by atoms with van der Waals surface area (Å²) >= 11 is 11.0. The zero-order chi connectivity index (χ0) is 11.5. The summed E-state index contributed by atoms with van der Waals surface area (Å²) in [5.41, 5.74) is 8.47. The van der Waals surface area contributed by atoms with Gasteiger partial charge in [0, 0.05) is 11.1 Å². The first-order valence-electron chi connectivity index (χ1n) is 4.89. The van der Waals surface area contributed by atoms with Gasteiger partial charge in [0.15, 0.2) is 0 Å². The van der Waals surface area contributed by atoms with Gasteiger partial charge in [-0.1, -0.05) is 23.7 Å². The molecule has 0 bridgehead atoms. The standard InChI is InChI=1S/C12H11BrClNS/c13-12-6-9(7-16-12)11(15)5-8-2-1-3-10(14)4-8/h1-4,6-7,11H,5,15H2. The first-order chi connectivity index (χ1) is 7.65. The number of thiophene rings is 1. The van der Waals surface area contributed by atoms with Crippen LogP contribution in [0, 0.1) is 0 Å². The summed E-state index contributed by atoms with van der Waals surface area (Å²) in [5.74, 6) is 0. The number of rotatable bonds is 3. The molecule has 0 aliphatic heterocycles. The van der Waals surface area contributed by atoms with Crippen LogP contribution in [0.3, 0.4) is 0 Å². The monoisotopic (exact) mass is 315 g/mol. The third-order valence-corrected chi connectivity index (χ3v) is 4.12. The van der Waals surface area contributed by atoms with Crippen molar-refractivity contribution in [2.45, 2.75) is 12.5 Å². The molecule has 0 spiro atoms. The Morgan fingerprint density at radius 1 is 1.38 bits per heavy atom. The van der Waals surface area contributed by atoms with Crippen LogP contribution in [0.25, 0.3) is 0 Å². The molecule has 0 amide bonds. The highest BCUT2D eigenvalue weighted by Crippen LogP contribution is 2.26. The zero-order valence-electron chi connectivity index (χ0n) is 8.49. The molecule has 1 nitrogen and oxygen atoms in total. The third kappa shape index (κ3) is 3.08. The molecule has 0 aliphatic rings. The van der Waals surface area contributed by atoms with Crippen LogP contribution in [-0.4, -0.2) is 0 Å². The predicted octanol–water partition coefficient (Wildman–Crippen LogP) is 4.41. The topological polar surface area (TPSA) is 26.0 Å². The Bertz CT molecular complexity index is 483. The van der Waals surface area contributed by atoms with E-state index in [-0.39, 0.29) is 6.04 Å². The van der Waals surface area contributed by atoms with Crippen molar-refractivity contribution in [3.05, 3.63) is 55.6 Å². The van der Waals surface area contributed by atoms with Crippen LogP contribution in [0.4, 0.5) is 0 Å². The molecule has 0 fully saturated rings. The van der Waals surface area contributed by atoms with Crippen LogP contribution in [0.2, 0.25) is 5.02 Å². The third-order valence-electron chi connectivity index (χ3n) is 2.36. The van der Waals surface area contributed by atoms with Gasteiger partial charge in [0.05, 0.1) is 3.79 Å². The number of nitrogens with two attached hydrogens (primary N) is 1. The van der Waals surface area contributed by atoms with Gasteiger partial charge < -0.3 is 5.73 Å². The Kier molecular flexibility index (Phi) is 4.03. The number of benzene rings is 1. The molecule has 1 unspecified atom stereocenters. The molecular weight excluding hydrogens is 306 g/mol. The summed E-state index contributed by atoms with van der Waals surface area (Å²) in [6.45, 7) is 0. The minimum absolute atomic E-state index is 0.0287. The van der Waals surface area contributed by atoms with Crippen molar-refractivity contribution in [2.24, 2.45) is 5.73 Å². The van der Waals surface area contributed by atoms with E-state index in [1.165, 1.54) is 5.56 Å². The lowest BCUT2D eigenvalue weighted by atomic mass is 10.0. The molecule has 1 aromatic heterocycles. The second-order valence-corrected chi connectivity index (χ2v) is 6.35. The summed E-state index contributed by atoms with van der Waals surface area (Å²) in [6.07, 6.45) is 0.809. The van der Waals surface area contributed by atoms with E-state index in [0.717, 1.165) is 20.8 Å². The second-order valence-electron chi connectivity index (χ2n) is 3.62. The summed E-state index contributed by atoms with van der Waals surface area (Å²) in [6, 6.07) is 9.93. The zero-order valence-corrected chi connectivity index (χ0v) is 11.6. The quantitative estimate of drug-likeness (QED) is 0.892. The SMILES string of the molecule is NC(Cc1cccc(Cl)c1)c1csc(Br)c1. The molecule has 2 N–H and O–H groups in total. The van der Waals surface area contributed by atoms with Crippen molar-refractivity contribution in [1.29, 1.82) is 0 Å². The van der Waals surface area contributed by atoms with Crippen molar-refractivity contribution in [3.8, 4) is 0 Å². The van der Waals surface area contributed by atoms with Crippen molar-refractivity contribution in [2.75, 3.05) is 0 Å². The van der Waals surface area contributed by atoms with Gasteiger partial charge in [-0.2, -0.15) is 0 Å². The average molecular weight is 317 g/mol. The van der Waals surface area contributed by atoms with Crippen LogP contribution in [0.15, 0.2) is 39.5 Å². The van der Waals surface area contributed by atoms with E-state index in [1.807, 2.05) is 24.3 Å². The van der Waals surface area contributed by atoms with E-state index < -0.39 is 0 Å². The normalized spacial score (nSPS) is 12.7. The Morgan fingerprint density at radius 3 is 2.81 bits per heavy atom. The van der Waals surface area contributed by atoms with Gasteiger partial charge in [-0.3, -0.25) is 0 Å². The van der Waals surface area contributed by atoms with Crippen molar-refractivity contribution in [3.63, 3.8) is 0 Å². The molecule has 0 saturated carbocycles. The molecule has 0 radical (unpaired) electrons. The van der Waals surface area contributed by atoms with Gasteiger partial charge in [-0.15, -0.1) is 11.3 Å². The summed E-state index contributed by atoms with van der Waals surface area (Å²) in [7, 11) is 0. The highest BCUT2D eigenvalue weighted by atomic mass is 79.9. The van der Waals surface area contributed by atoms with E-state index in [2.05, 4.69) is 27.4 Å². The minimum Gasteiger partial charge on any atom is -0.324 e. The second kappa shape index (κ2) is 5.32. The van der Waals surface area contributed by atoms with Crippen molar-refractivity contribution >= 4 is 38.9 Å². The molecule has 1 aromatic carbocycles. The lowest BCUT2D eigenvalue weighted by molar-refractivity contribution is 0.725. The van der Waals surface area contributed by atoms with Crippen LogP contribution in [0.5, 0.6) is 0 Å². The molecule has 16 heavy (non-hydrogen) atoms. The molecule has 1 atom stereocenters. The highest BCUT2D eigenvalue weighted by molar-refractivity contribution is 9.11. The molecule has 2 aromatic rings. The first kappa shape index (κ1) is 12.1. The Morgan fingerprint density at radius 2 is 2.19 bits per heavy atom. The molecular formula is C12H11BrClNS. The fourth-order valence-electron chi connectivity index (χ4n) is 1.55. The molecule has 4 heteroatoms. The van der Waals surface area contributed by atoms with Crippen LogP contribution >= 0.6 is 38.9 Å². The van der Waals surface area contributed by atoms with Gasteiger partial charge in [-0.25, -0.2) is 0 Å². The maximum atomic E-state index is 6.13. The van der Waals surface area contributed by atoms with Gasteiger partial charge in [-0.05, 0) is 57.1 Å². The summed E-state index contributed by atoms with van der Waals surface area (Å²) < 4.78 is 1.11. The van der Waals surface area contributed by atoms with Gasteiger partial charge in [0.2, 0.25) is 0 Å². The molecule has 0 aliphatic carbocycles. The largest absolute Gasteiger partial charge is 0.324 e. The summed E-state index contributed by atoms with van der Waals surface area (Å²) in [5, 5.41) is 2.84. The molecule has 1 heterocycles. The van der Waals surface area contributed by atoms with Crippen molar-refractivity contribution in [1.82, 2.24) is 0 Å². The van der Waals surface area contributed by atoms with Crippen LogP contribution in [0.1, 0.15) is 17.2 Å².